The highest BCUT2D eigenvalue weighted by atomic mass is 16.4. The van der Waals surface area contributed by atoms with Gasteiger partial charge in [0.15, 0.2) is 0 Å². The lowest BCUT2D eigenvalue weighted by molar-refractivity contribution is -0.144. The monoisotopic (exact) mass is 265 g/mol. The van der Waals surface area contributed by atoms with Gasteiger partial charge in [-0.25, -0.2) is 0 Å². The number of aryl methyl sites for hydroxylation is 2. The van der Waals surface area contributed by atoms with Gasteiger partial charge < -0.3 is 5.11 Å². The van der Waals surface area contributed by atoms with Gasteiger partial charge in [-0.05, 0) is 33.2 Å². The van der Waals surface area contributed by atoms with E-state index in [1.54, 1.807) is 4.68 Å². The minimum atomic E-state index is -0.699. The normalized spacial score (nSPS) is 23.0. The summed E-state index contributed by atoms with van der Waals surface area (Å²) in [4.78, 5) is 13.6. The molecule has 5 heteroatoms. The van der Waals surface area contributed by atoms with Crippen LogP contribution in [0.15, 0.2) is 6.20 Å². The van der Waals surface area contributed by atoms with Crippen molar-refractivity contribution in [3.05, 3.63) is 17.5 Å². The highest BCUT2D eigenvalue weighted by Crippen LogP contribution is 2.29. The van der Waals surface area contributed by atoms with Gasteiger partial charge in [-0.3, -0.25) is 14.4 Å². The number of carbonyl (C=O) groups is 1. The molecule has 1 aromatic heterocycles. The van der Waals surface area contributed by atoms with Gasteiger partial charge in [0.2, 0.25) is 0 Å². The summed E-state index contributed by atoms with van der Waals surface area (Å²) in [5.74, 6) is -0.699. The molecule has 2 unspecified atom stereocenters. The fourth-order valence-electron chi connectivity index (χ4n) is 3.07. The maximum atomic E-state index is 11.5. The average molecular weight is 265 g/mol. The third-order valence-electron chi connectivity index (χ3n) is 4.08. The maximum absolute atomic E-state index is 11.5. The van der Waals surface area contributed by atoms with Crippen molar-refractivity contribution in [2.45, 2.75) is 51.6 Å². The van der Waals surface area contributed by atoms with Crippen molar-refractivity contribution < 1.29 is 9.90 Å². The molecule has 0 spiro atoms. The summed E-state index contributed by atoms with van der Waals surface area (Å²) in [5, 5.41) is 13.8. The number of carboxylic acid groups (broad SMARTS) is 1. The van der Waals surface area contributed by atoms with Crippen LogP contribution in [0, 0.1) is 6.92 Å². The van der Waals surface area contributed by atoms with E-state index in [1.807, 2.05) is 20.2 Å². The molecule has 2 rings (SSSR count). The minimum Gasteiger partial charge on any atom is -0.480 e. The van der Waals surface area contributed by atoms with E-state index in [4.69, 9.17) is 0 Å². The number of hydrogen-bond acceptors (Lipinski definition) is 3. The molecule has 0 aromatic carbocycles. The minimum absolute atomic E-state index is 0.105. The molecule has 0 saturated carbocycles. The summed E-state index contributed by atoms with van der Waals surface area (Å²) in [7, 11) is 1.90. The van der Waals surface area contributed by atoms with Crippen molar-refractivity contribution in [3.8, 4) is 0 Å². The predicted octanol–water partition coefficient (Wildman–Crippen LogP) is 2.12. The summed E-state index contributed by atoms with van der Waals surface area (Å²) >= 11 is 0. The quantitative estimate of drug-likeness (QED) is 0.909. The standard InChI is InChI=1S/C14H23N3O2/c1-10-12(9-16(3)15-10)11(2)17-8-6-4-5-7-13(17)14(18)19/h9,11,13H,4-8H2,1-3H3,(H,18,19). The molecule has 1 fully saturated rings. The molecule has 1 N–H and O–H groups in total. The first-order valence-electron chi connectivity index (χ1n) is 6.99. The molecule has 0 bridgehead atoms. The zero-order valence-corrected chi connectivity index (χ0v) is 12.0. The molecular formula is C14H23N3O2. The predicted molar refractivity (Wildman–Crippen MR) is 73.0 cm³/mol. The van der Waals surface area contributed by atoms with Gasteiger partial charge in [-0.2, -0.15) is 5.10 Å². The lowest BCUT2D eigenvalue weighted by atomic mass is 10.0. The fraction of sp³-hybridized carbons (Fsp3) is 0.714. The Labute approximate surface area is 114 Å². The van der Waals surface area contributed by atoms with E-state index in [1.165, 1.54) is 0 Å². The van der Waals surface area contributed by atoms with E-state index >= 15 is 0 Å². The molecule has 0 amide bonds. The van der Waals surface area contributed by atoms with Gasteiger partial charge in [0.05, 0.1) is 5.69 Å². The Morgan fingerprint density at radius 3 is 2.79 bits per heavy atom. The first-order valence-corrected chi connectivity index (χ1v) is 6.99. The number of rotatable bonds is 3. The van der Waals surface area contributed by atoms with Crippen LogP contribution in [0.5, 0.6) is 0 Å². The Bertz CT molecular complexity index is 456. The highest BCUT2D eigenvalue weighted by molar-refractivity contribution is 5.73. The maximum Gasteiger partial charge on any atom is 0.320 e. The number of aromatic nitrogens is 2. The SMILES string of the molecule is Cc1nn(C)cc1C(C)N1CCCCCC1C(=O)O. The molecule has 1 aliphatic heterocycles. The van der Waals surface area contributed by atoms with E-state index < -0.39 is 5.97 Å². The molecule has 1 aliphatic rings. The highest BCUT2D eigenvalue weighted by Gasteiger charge is 2.32. The first-order chi connectivity index (χ1) is 9.00. The Kier molecular flexibility index (Phi) is 4.24. The van der Waals surface area contributed by atoms with Crippen molar-refractivity contribution in [1.29, 1.82) is 0 Å². The second-order valence-electron chi connectivity index (χ2n) is 5.46. The second-order valence-corrected chi connectivity index (χ2v) is 5.46. The average Bonchev–Trinajstić information content (AvgIpc) is 2.57. The van der Waals surface area contributed by atoms with E-state index in [2.05, 4.69) is 16.9 Å². The second kappa shape index (κ2) is 5.74. The van der Waals surface area contributed by atoms with Crippen LogP contribution in [-0.4, -0.2) is 38.3 Å². The molecule has 19 heavy (non-hydrogen) atoms. The van der Waals surface area contributed by atoms with Crippen LogP contribution in [0.25, 0.3) is 0 Å². The summed E-state index contributed by atoms with van der Waals surface area (Å²) in [6.45, 7) is 4.93. The van der Waals surface area contributed by atoms with Gasteiger partial charge in [0, 0.05) is 24.8 Å². The summed E-state index contributed by atoms with van der Waals surface area (Å²) in [6, 6.07) is -0.259. The molecule has 2 heterocycles. The molecule has 106 valence electrons. The molecule has 5 nitrogen and oxygen atoms in total. The number of carboxylic acids is 1. The van der Waals surface area contributed by atoms with E-state index in [0.29, 0.717) is 0 Å². The lowest BCUT2D eigenvalue weighted by Gasteiger charge is -2.32. The van der Waals surface area contributed by atoms with Gasteiger partial charge in [0.1, 0.15) is 6.04 Å². The van der Waals surface area contributed by atoms with Crippen LogP contribution >= 0.6 is 0 Å². The number of aliphatic carboxylic acids is 1. The van der Waals surface area contributed by atoms with Gasteiger partial charge in [-0.15, -0.1) is 0 Å². The first kappa shape index (κ1) is 14.1. The van der Waals surface area contributed by atoms with Crippen LogP contribution in [0.3, 0.4) is 0 Å². The molecule has 1 saturated heterocycles. The van der Waals surface area contributed by atoms with Crippen molar-refractivity contribution in [1.82, 2.24) is 14.7 Å². The summed E-state index contributed by atoms with van der Waals surface area (Å²) < 4.78 is 1.80. The molecule has 0 aliphatic carbocycles. The lowest BCUT2D eigenvalue weighted by Crippen LogP contribution is -2.42. The van der Waals surface area contributed by atoms with Crippen LogP contribution in [-0.2, 0) is 11.8 Å². The van der Waals surface area contributed by atoms with Crippen molar-refractivity contribution >= 4 is 5.97 Å². The molecule has 2 atom stereocenters. The van der Waals surface area contributed by atoms with Gasteiger partial charge in [0.25, 0.3) is 0 Å². The van der Waals surface area contributed by atoms with Crippen molar-refractivity contribution in [2.75, 3.05) is 6.54 Å². The van der Waals surface area contributed by atoms with Crippen LogP contribution < -0.4 is 0 Å². The number of hydrogen-bond donors (Lipinski definition) is 1. The van der Waals surface area contributed by atoms with Gasteiger partial charge in [-0.1, -0.05) is 12.8 Å². The van der Waals surface area contributed by atoms with E-state index in [9.17, 15) is 9.90 Å². The molecule has 0 radical (unpaired) electrons. The molecule has 1 aromatic rings. The fourth-order valence-corrected chi connectivity index (χ4v) is 3.07. The Morgan fingerprint density at radius 1 is 1.47 bits per heavy atom. The van der Waals surface area contributed by atoms with Crippen LogP contribution in [0.1, 0.15) is 49.9 Å². The summed E-state index contributed by atoms with van der Waals surface area (Å²) in [5.41, 5.74) is 2.12. The zero-order chi connectivity index (χ0) is 14.0. The van der Waals surface area contributed by atoms with Crippen LogP contribution in [0.4, 0.5) is 0 Å². The Balaban J connectivity index is 2.25. The zero-order valence-electron chi connectivity index (χ0n) is 12.0. The van der Waals surface area contributed by atoms with E-state index in [-0.39, 0.29) is 12.1 Å². The Hall–Kier alpha value is -1.36. The number of likely N-dealkylation sites (tertiary alicyclic amines) is 1. The third-order valence-corrected chi connectivity index (χ3v) is 4.08. The smallest absolute Gasteiger partial charge is 0.320 e. The number of nitrogens with zero attached hydrogens (tertiary/aromatic N) is 3. The van der Waals surface area contributed by atoms with Gasteiger partial charge >= 0.3 is 5.97 Å². The van der Waals surface area contributed by atoms with E-state index in [0.717, 1.165) is 43.5 Å². The largest absolute Gasteiger partial charge is 0.480 e. The Morgan fingerprint density at radius 2 is 2.21 bits per heavy atom. The third kappa shape index (κ3) is 2.97. The van der Waals surface area contributed by atoms with Crippen molar-refractivity contribution in [3.63, 3.8) is 0 Å². The topological polar surface area (TPSA) is 58.4 Å². The summed E-state index contributed by atoms with van der Waals surface area (Å²) in [6.07, 6.45) is 5.96. The van der Waals surface area contributed by atoms with Crippen molar-refractivity contribution in [2.24, 2.45) is 7.05 Å². The van der Waals surface area contributed by atoms with Crippen LogP contribution in [0.2, 0.25) is 0 Å². The molecular weight excluding hydrogens is 242 g/mol.